The number of carbonyl (C=O) groups excluding carboxylic acids is 1. The van der Waals surface area contributed by atoms with E-state index in [9.17, 15) is 9.90 Å². The van der Waals surface area contributed by atoms with Gasteiger partial charge in [-0.3, -0.25) is 9.69 Å². The Kier molecular flexibility index (Phi) is 8.94. The zero-order chi connectivity index (χ0) is 22.9. The van der Waals surface area contributed by atoms with Gasteiger partial charge in [0.15, 0.2) is 11.5 Å². The quantitative estimate of drug-likeness (QED) is 0.613. The third-order valence-corrected chi connectivity index (χ3v) is 6.01. The molecule has 1 amide bonds. The third kappa shape index (κ3) is 6.97. The molecule has 6 nitrogen and oxygen atoms in total. The van der Waals surface area contributed by atoms with E-state index in [1.807, 2.05) is 56.3 Å². The lowest BCUT2D eigenvalue weighted by atomic mass is 9.94. The monoisotopic (exact) mass is 439 g/mol. The van der Waals surface area contributed by atoms with Crippen molar-refractivity contribution in [1.29, 1.82) is 0 Å². The van der Waals surface area contributed by atoms with Crippen LogP contribution in [0.15, 0.2) is 48.5 Å². The number of benzene rings is 2. The minimum atomic E-state index is 0.0796. The Morgan fingerprint density at radius 3 is 2.44 bits per heavy atom. The summed E-state index contributed by atoms with van der Waals surface area (Å²) in [6, 6.07) is 15.8. The minimum absolute atomic E-state index is 0.0796. The lowest BCUT2D eigenvalue weighted by molar-refractivity contribution is -0.138. The maximum absolute atomic E-state index is 13.4. The van der Waals surface area contributed by atoms with Gasteiger partial charge in [0.1, 0.15) is 0 Å². The molecule has 6 heteroatoms. The number of hydrogen-bond donors (Lipinski definition) is 1. The molecule has 0 aliphatic carbocycles. The average Bonchev–Trinajstić information content (AvgIpc) is 2.79. The lowest BCUT2D eigenvalue weighted by Gasteiger charge is -2.34. The first-order chi connectivity index (χ1) is 15.5. The number of phenolic OH excluding ortho intramolecular Hbond substituents is 1. The molecule has 2 aromatic rings. The summed E-state index contributed by atoms with van der Waals surface area (Å²) in [5.74, 6) is 1.07. The van der Waals surface area contributed by atoms with Crippen LogP contribution in [0.4, 0.5) is 0 Å². The molecule has 1 heterocycles. The number of ether oxygens (including phenoxy) is 1. The fraction of sp³-hybridized carbons (Fsp3) is 0.500. The molecule has 0 saturated carbocycles. The summed E-state index contributed by atoms with van der Waals surface area (Å²) in [5.41, 5.74) is 2.29. The zero-order valence-corrected chi connectivity index (χ0v) is 19.7. The number of rotatable bonds is 10. The van der Waals surface area contributed by atoms with E-state index in [0.29, 0.717) is 18.9 Å². The molecule has 3 rings (SSSR count). The molecular formula is C26H37N3O3. The van der Waals surface area contributed by atoms with Gasteiger partial charge in [-0.05, 0) is 70.2 Å². The van der Waals surface area contributed by atoms with Crippen LogP contribution in [0.25, 0.3) is 0 Å². The summed E-state index contributed by atoms with van der Waals surface area (Å²) >= 11 is 0. The van der Waals surface area contributed by atoms with Crippen molar-refractivity contribution < 1.29 is 14.6 Å². The van der Waals surface area contributed by atoms with Gasteiger partial charge in [-0.1, -0.05) is 36.4 Å². The van der Waals surface area contributed by atoms with Crippen molar-refractivity contribution in [2.45, 2.75) is 32.9 Å². The van der Waals surface area contributed by atoms with E-state index < -0.39 is 0 Å². The fourth-order valence-corrected chi connectivity index (χ4v) is 4.17. The first kappa shape index (κ1) is 24.1. The van der Waals surface area contributed by atoms with E-state index in [-0.39, 0.29) is 17.6 Å². The van der Waals surface area contributed by atoms with Crippen LogP contribution >= 0.6 is 0 Å². The third-order valence-electron chi connectivity index (χ3n) is 6.01. The van der Waals surface area contributed by atoms with Crippen LogP contribution in [0.3, 0.4) is 0 Å². The van der Waals surface area contributed by atoms with Gasteiger partial charge in [-0.25, -0.2) is 0 Å². The van der Waals surface area contributed by atoms with Crippen molar-refractivity contribution in [3.63, 3.8) is 0 Å². The van der Waals surface area contributed by atoms with Crippen LogP contribution < -0.4 is 4.74 Å². The number of aromatic hydroxyl groups is 1. The van der Waals surface area contributed by atoms with Gasteiger partial charge in [0.2, 0.25) is 5.91 Å². The van der Waals surface area contributed by atoms with Crippen molar-refractivity contribution in [3.8, 4) is 11.5 Å². The highest BCUT2D eigenvalue weighted by molar-refractivity contribution is 5.79. The second-order valence-electron chi connectivity index (χ2n) is 8.83. The Labute approximate surface area is 192 Å². The van der Waals surface area contributed by atoms with E-state index in [1.165, 1.54) is 5.56 Å². The van der Waals surface area contributed by atoms with E-state index in [0.717, 1.165) is 51.1 Å². The molecule has 32 heavy (non-hydrogen) atoms. The van der Waals surface area contributed by atoms with Crippen molar-refractivity contribution in [2.24, 2.45) is 5.92 Å². The number of likely N-dealkylation sites (tertiary alicyclic amines) is 1. The van der Waals surface area contributed by atoms with E-state index >= 15 is 0 Å². The molecule has 0 aromatic heterocycles. The molecule has 0 atom stereocenters. The highest BCUT2D eigenvalue weighted by Crippen LogP contribution is 2.28. The predicted molar refractivity (Wildman–Crippen MR) is 128 cm³/mol. The van der Waals surface area contributed by atoms with Gasteiger partial charge in [-0.2, -0.15) is 0 Å². The summed E-state index contributed by atoms with van der Waals surface area (Å²) in [5, 5.41) is 9.92. The topological polar surface area (TPSA) is 56.2 Å². The number of piperidine rings is 1. The molecule has 1 fully saturated rings. The summed E-state index contributed by atoms with van der Waals surface area (Å²) in [6.45, 7) is 7.31. The SMILES string of the molecule is CCOc1cc(CN2CCC(C(=O)N(CCN(C)C)Cc3ccccc3)CC2)ccc1O. The second kappa shape index (κ2) is 11.9. The number of carbonyl (C=O) groups is 1. The predicted octanol–water partition coefficient (Wildman–Crippen LogP) is 3.59. The van der Waals surface area contributed by atoms with Crippen molar-refractivity contribution in [1.82, 2.24) is 14.7 Å². The normalized spacial score (nSPS) is 15.1. The second-order valence-corrected chi connectivity index (χ2v) is 8.83. The van der Waals surface area contributed by atoms with Crippen LogP contribution in [-0.2, 0) is 17.9 Å². The Bertz CT molecular complexity index is 849. The maximum atomic E-state index is 13.4. The molecule has 174 valence electrons. The first-order valence-electron chi connectivity index (χ1n) is 11.6. The Morgan fingerprint density at radius 1 is 1.06 bits per heavy atom. The Balaban J connectivity index is 1.57. The molecule has 2 aromatic carbocycles. The van der Waals surface area contributed by atoms with Gasteiger partial charge in [-0.15, -0.1) is 0 Å². The molecule has 0 unspecified atom stereocenters. The summed E-state index contributed by atoms with van der Waals surface area (Å²) in [4.78, 5) is 19.9. The standard InChI is InChI=1S/C26H37N3O3/c1-4-32-25-18-22(10-11-24(25)30)19-28-14-12-23(13-15-28)26(31)29(17-16-27(2)3)20-21-8-6-5-7-9-21/h5-11,18,23,30H,4,12-17,19-20H2,1-3H3. The van der Waals surface area contributed by atoms with Crippen LogP contribution in [0, 0.1) is 5.92 Å². The molecule has 1 aliphatic rings. The van der Waals surface area contributed by atoms with Crippen molar-refractivity contribution in [2.75, 3.05) is 46.9 Å². The van der Waals surface area contributed by atoms with Gasteiger partial charge in [0, 0.05) is 32.1 Å². The summed E-state index contributed by atoms with van der Waals surface area (Å²) < 4.78 is 5.51. The van der Waals surface area contributed by atoms with Crippen molar-refractivity contribution >= 4 is 5.91 Å². The van der Waals surface area contributed by atoms with Crippen LogP contribution in [-0.4, -0.2) is 72.6 Å². The lowest BCUT2D eigenvalue weighted by Crippen LogP contribution is -2.44. The van der Waals surface area contributed by atoms with Crippen LogP contribution in [0.2, 0.25) is 0 Å². The van der Waals surface area contributed by atoms with Crippen LogP contribution in [0.5, 0.6) is 11.5 Å². The molecule has 0 bridgehead atoms. The molecular weight excluding hydrogens is 402 g/mol. The highest BCUT2D eigenvalue weighted by Gasteiger charge is 2.28. The first-order valence-corrected chi connectivity index (χ1v) is 11.6. The summed E-state index contributed by atoms with van der Waals surface area (Å²) in [6.07, 6.45) is 1.75. The largest absolute Gasteiger partial charge is 0.504 e. The molecule has 0 radical (unpaired) electrons. The van der Waals surface area contributed by atoms with E-state index in [2.05, 4.69) is 21.9 Å². The van der Waals surface area contributed by atoms with Crippen molar-refractivity contribution in [3.05, 3.63) is 59.7 Å². The van der Waals surface area contributed by atoms with Gasteiger partial charge >= 0.3 is 0 Å². The summed E-state index contributed by atoms with van der Waals surface area (Å²) in [7, 11) is 4.09. The Morgan fingerprint density at radius 2 is 1.78 bits per heavy atom. The number of hydrogen-bond acceptors (Lipinski definition) is 5. The molecule has 0 spiro atoms. The molecule has 1 aliphatic heterocycles. The maximum Gasteiger partial charge on any atom is 0.226 e. The van der Waals surface area contributed by atoms with Gasteiger partial charge < -0.3 is 19.6 Å². The van der Waals surface area contributed by atoms with E-state index in [4.69, 9.17) is 4.74 Å². The van der Waals surface area contributed by atoms with Crippen LogP contribution in [0.1, 0.15) is 30.9 Å². The number of amides is 1. The molecule has 1 N–H and O–H groups in total. The number of likely N-dealkylation sites (N-methyl/N-ethyl adjacent to an activating group) is 1. The smallest absolute Gasteiger partial charge is 0.226 e. The average molecular weight is 440 g/mol. The Hall–Kier alpha value is -2.57. The van der Waals surface area contributed by atoms with Gasteiger partial charge in [0.25, 0.3) is 0 Å². The molecule has 1 saturated heterocycles. The zero-order valence-electron chi connectivity index (χ0n) is 19.7. The number of nitrogens with zero attached hydrogens (tertiary/aromatic N) is 3. The van der Waals surface area contributed by atoms with E-state index in [1.54, 1.807) is 6.07 Å². The van der Waals surface area contributed by atoms with Gasteiger partial charge in [0.05, 0.1) is 6.61 Å². The highest BCUT2D eigenvalue weighted by atomic mass is 16.5. The minimum Gasteiger partial charge on any atom is -0.504 e. The number of phenols is 1. The fourth-order valence-electron chi connectivity index (χ4n) is 4.17.